The van der Waals surface area contributed by atoms with E-state index in [1.807, 2.05) is 35.0 Å². The Labute approximate surface area is 112 Å². The molecule has 19 heavy (non-hydrogen) atoms. The van der Waals surface area contributed by atoms with E-state index >= 15 is 0 Å². The van der Waals surface area contributed by atoms with Crippen LogP contribution in [0, 0.1) is 0 Å². The lowest BCUT2D eigenvalue weighted by Gasteiger charge is -2.27. The van der Waals surface area contributed by atoms with Crippen molar-refractivity contribution < 1.29 is 0 Å². The van der Waals surface area contributed by atoms with E-state index in [0.29, 0.717) is 6.04 Å². The number of para-hydroxylation sites is 1. The SMILES string of the molecule is CCN(c1nnnn1-c1ccccc1)C1CCNC1. The number of hydrogen-bond donors (Lipinski definition) is 1. The second-order valence-corrected chi connectivity index (χ2v) is 4.66. The summed E-state index contributed by atoms with van der Waals surface area (Å²) in [4.78, 5) is 2.27. The smallest absolute Gasteiger partial charge is 0.250 e. The molecule has 0 amide bonds. The van der Waals surface area contributed by atoms with Gasteiger partial charge in [-0.25, -0.2) is 0 Å². The Hall–Kier alpha value is -1.95. The van der Waals surface area contributed by atoms with Gasteiger partial charge in [-0.15, -0.1) is 0 Å². The number of nitrogens with one attached hydrogen (secondary N) is 1. The molecule has 1 N–H and O–H groups in total. The van der Waals surface area contributed by atoms with Crippen LogP contribution in [0.1, 0.15) is 13.3 Å². The minimum absolute atomic E-state index is 0.471. The van der Waals surface area contributed by atoms with E-state index in [-0.39, 0.29) is 0 Å². The third-order valence-electron chi connectivity index (χ3n) is 3.53. The summed E-state index contributed by atoms with van der Waals surface area (Å²) in [5.41, 5.74) is 0.993. The van der Waals surface area contributed by atoms with E-state index in [0.717, 1.165) is 37.7 Å². The molecule has 0 aliphatic carbocycles. The number of anilines is 1. The lowest BCUT2D eigenvalue weighted by atomic mass is 10.2. The highest BCUT2D eigenvalue weighted by Crippen LogP contribution is 2.19. The zero-order valence-corrected chi connectivity index (χ0v) is 11.0. The number of nitrogens with zero attached hydrogens (tertiary/aromatic N) is 5. The van der Waals surface area contributed by atoms with Crippen LogP contribution in [0.4, 0.5) is 5.95 Å². The van der Waals surface area contributed by atoms with Crippen LogP contribution in [0.15, 0.2) is 30.3 Å². The Morgan fingerprint density at radius 3 is 2.89 bits per heavy atom. The minimum Gasteiger partial charge on any atom is -0.335 e. The van der Waals surface area contributed by atoms with Crippen molar-refractivity contribution in [2.45, 2.75) is 19.4 Å². The zero-order valence-electron chi connectivity index (χ0n) is 11.0. The van der Waals surface area contributed by atoms with Gasteiger partial charge in [0.05, 0.1) is 5.69 Å². The number of likely N-dealkylation sites (N-methyl/N-ethyl adjacent to an activating group) is 1. The molecule has 1 aromatic carbocycles. The largest absolute Gasteiger partial charge is 0.335 e. The van der Waals surface area contributed by atoms with Crippen LogP contribution in [-0.4, -0.2) is 45.9 Å². The maximum atomic E-state index is 4.21. The Morgan fingerprint density at radius 2 is 2.21 bits per heavy atom. The molecule has 1 fully saturated rings. The fraction of sp³-hybridized carbons (Fsp3) is 0.462. The van der Waals surface area contributed by atoms with Crippen molar-refractivity contribution in [2.24, 2.45) is 0 Å². The lowest BCUT2D eigenvalue weighted by molar-refractivity contribution is 0.621. The van der Waals surface area contributed by atoms with Crippen LogP contribution >= 0.6 is 0 Å². The van der Waals surface area contributed by atoms with Crippen molar-refractivity contribution in [3.8, 4) is 5.69 Å². The van der Waals surface area contributed by atoms with Gasteiger partial charge in [0, 0.05) is 19.1 Å². The zero-order chi connectivity index (χ0) is 13.1. The molecule has 1 aliphatic heterocycles. The monoisotopic (exact) mass is 258 g/mol. The van der Waals surface area contributed by atoms with Gasteiger partial charge in [0.25, 0.3) is 5.95 Å². The average Bonchev–Trinajstić information content (AvgIpc) is 3.12. The molecule has 1 aliphatic rings. The first-order valence-corrected chi connectivity index (χ1v) is 6.71. The molecule has 0 radical (unpaired) electrons. The van der Waals surface area contributed by atoms with Crippen molar-refractivity contribution in [2.75, 3.05) is 24.5 Å². The quantitative estimate of drug-likeness (QED) is 0.881. The van der Waals surface area contributed by atoms with E-state index in [2.05, 4.69) is 32.7 Å². The molecule has 1 atom stereocenters. The molecule has 100 valence electrons. The molecule has 0 saturated carbocycles. The summed E-state index contributed by atoms with van der Waals surface area (Å²) in [6.45, 7) is 5.10. The maximum Gasteiger partial charge on any atom is 0.250 e. The van der Waals surface area contributed by atoms with Crippen molar-refractivity contribution in [3.05, 3.63) is 30.3 Å². The first-order chi connectivity index (χ1) is 9.40. The van der Waals surface area contributed by atoms with E-state index in [9.17, 15) is 0 Å². The number of aromatic nitrogens is 4. The molecular formula is C13H18N6. The first kappa shape index (κ1) is 12.1. The van der Waals surface area contributed by atoms with Crippen molar-refractivity contribution in [1.82, 2.24) is 25.5 Å². The summed E-state index contributed by atoms with van der Waals surface area (Å²) in [6.07, 6.45) is 1.13. The van der Waals surface area contributed by atoms with E-state index in [4.69, 9.17) is 0 Å². The summed E-state index contributed by atoms with van der Waals surface area (Å²) in [6, 6.07) is 10.5. The van der Waals surface area contributed by atoms with Crippen molar-refractivity contribution in [3.63, 3.8) is 0 Å². The molecule has 1 unspecified atom stereocenters. The summed E-state index contributed by atoms with van der Waals surface area (Å²) in [5.74, 6) is 0.822. The predicted molar refractivity (Wildman–Crippen MR) is 73.4 cm³/mol. The van der Waals surface area contributed by atoms with Gasteiger partial charge in [-0.2, -0.15) is 4.68 Å². The van der Waals surface area contributed by atoms with E-state index in [1.54, 1.807) is 0 Å². The fourth-order valence-electron chi connectivity index (χ4n) is 2.57. The van der Waals surface area contributed by atoms with Gasteiger partial charge in [0.2, 0.25) is 0 Å². The summed E-state index contributed by atoms with van der Waals surface area (Å²) >= 11 is 0. The van der Waals surface area contributed by atoms with Gasteiger partial charge in [-0.1, -0.05) is 23.3 Å². The highest BCUT2D eigenvalue weighted by atomic mass is 15.6. The minimum atomic E-state index is 0.471. The number of rotatable bonds is 4. The van der Waals surface area contributed by atoms with Crippen LogP contribution in [0.5, 0.6) is 0 Å². The maximum absolute atomic E-state index is 4.21. The second-order valence-electron chi connectivity index (χ2n) is 4.66. The van der Waals surface area contributed by atoms with Crippen LogP contribution in [-0.2, 0) is 0 Å². The molecular weight excluding hydrogens is 240 g/mol. The van der Waals surface area contributed by atoms with E-state index in [1.165, 1.54) is 0 Å². The molecule has 3 rings (SSSR count). The predicted octanol–water partition coefficient (Wildman–Crippen LogP) is 0.851. The molecule has 1 aromatic heterocycles. The van der Waals surface area contributed by atoms with E-state index < -0.39 is 0 Å². The lowest BCUT2D eigenvalue weighted by Crippen LogP contribution is -2.38. The number of hydrogen-bond acceptors (Lipinski definition) is 5. The Balaban J connectivity index is 1.94. The highest BCUT2D eigenvalue weighted by Gasteiger charge is 2.25. The van der Waals surface area contributed by atoms with Crippen molar-refractivity contribution >= 4 is 5.95 Å². The van der Waals surface area contributed by atoms with Gasteiger partial charge < -0.3 is 10.2 Å². The van der Waals surface area contributed by atoms with Crippen LogP contribution in [0.3, 0.4) is 0 Å². The molecule has 0 bridgehead atoms. The second kappa shape index (κ2) is 5.36. The van der Waals surface area contributed by atoms with Gasteiger partial charge in [0.1, 0.15) is 0 Å². The molecule has 2 aromatic rings. The molecule has 0 spiro atoms. The van der Waals surface area contributed by atoms with Gasteiger partial charge in [-0.05, 0) is 42.4 Å². The topological polar surface area (TPSA) is 58.9 Å². The Bertz CT molecular complexity index is 517. The summed E-state index contributed by atoms with van der Waals surface area (Å²) in [7, 11) is 0. The summed E-state index contributed by atoms with van der Waals surface area (Å²) in [5, 5.41) is 15.6. The van der Waals surface area contributed by atoms with Crippen LogP contribution in [0.2, 0.25) is 0 Å². The fourth-order valence-corrected chi connectivity index (χ4v) is 2.57. The Morgan fingerprint density at radius 1 is 1.37 bits per heavy atom. The van der Waals surface area contributed by atoms with Crippen LogP contribution in [0.25, 0.3) is 5.69 Å². The highest BCUT2D eigenvalue weighted by molar-refractivity contribution is 5.41. The number of tetrazole rings is 1. The normalized spacial score (nSPS) is 18.7. The molecule has 6 nitrogen and oxygen atoms in total. The first-order valence-electron chi connectivity index (χ1n) is 6.71. The summed E-state index contributed by atoms with van der Waals surface area (Å²) < 4.78 is 1.81. The molecule has 1 saturated heterocycles. The van der Waals surface area contributed by atoms with Gasteiger partial charge in [0.15, 0.2) is 0 Å². The molecule has 2 heterocycles. The average molecular weight is 258 g/mol. The number of benzene rings is 1. The van der Waals surface area contributed by atoms with Crippen LogP contribution < -0.4 is 10.2 Å². The third kappa shape index (κ3) is 2.31. The van der Waals surface area contributed by atoms with Gasteiger partial charge in [-0.3, -0.25) is 0 Å². The van der Waals surface area contributed by atoms with Gasteiger partial charge >= 0.3 is 0 Å². The third-order valence-corrected chi connectivity index (χ3v) is 3.53. The molecule has 6 heteroatoms. The standard InChI is InChI=1S/C13H18N6/c1-2-18(12-8-9-14-10-12)13-15-16-17-19(13)11-6-4-3-5-7-11/h3-7,12,14H,2,8-10H2,1H3. The Kier molecular flexibility index (Phi) is 3.41. The van der Waals surface area contributed by atoms with Crippen molar-refractivity contribution in [1.29, 1.82) is 0 Å².